The van der Waals surface area contributed by atoms with E-state index in [0.717, 1.165) is 25.7 Å². The Labute approximate surface area is 140 Å². The molecular weight excluding hydrogens is 377 g/mol. The molecule has 2 fully saturated rings. The van der Waals surface area contributed by atoms with Crippen molar-refractivity contribution in [3.8, 4) is 0 Å². The molecule has 0 aliphatic carbocycles. The Bertz CT molecular complexity index is 616. The largest absolute Gasteiger partial charge is 0.434 e. The minimum Gasteiger partial charge on any atom is -0.348 e. The average Bonchev–Trinajstić information content (AvgIpc) is 2.82. The lowest BCUT2D eigenvalue weighted by atomic mass is 9.98. The van der Waals surface area contributed by atoms with Gasteiger partial charge < -0.3 is 10.2 Å². The van der Waals surface area contributed by atoms with Crippen LogP contribution in [0.1, 0.15) is 41.9 Å². The lowest BCUT2D eigenvalue weighted by Crippen LogP contribution is -2.48. The molecule has 2 aliphatic rings. The Hall–Kier alpha value is -1.09. The molecule has 2 unspecified atom stereocenters. The molecule has 1 aromatic heterocycles. The van der Waals surface area contributed by atoms with E-state index >= 15 is 0 Å². The molecule has 2 aliphatic heterocycles. The molecule has 0 spiro atoms. The van der Waals surface area contributed by atoms with Crippen molar-refractivity contribution >= 4 is 21.8 Å². The van der Waals surface area contributed by atoms with Gasteiger partial charge in [0.05, 0.1) is 4.47 Å². The number of rotatable bonds is 2. The van der Waals surface area contributed by atoms with Gasteiger partial charge in [0.15, 0.2) is 11.4 Å². The number of alkyl halides is 3. The molecule has 3 heterocycles. The summed E-state index contributed by atoms with van der Waals surface area (Å²) in [5.74, 6) is -0.558. The van der Waals surface area contributed by atoms with Gasteiger partial charge in [0.25, 0.3) is 5.91 Å². The maximum Gasteiger partial charge on any atom is 0.434 e. The van der Waals surface area contributed by atoms with Crippen molar-refractivity contribution < 1.29 is 18.0 Å². The van der Waals surface area contributed by atoms with Gasteiger partial charge in [-0.25, -0.2) is 0 Å². The maximum absolute atomic E-state index is 13.0. The zero-order valence-corrected chi connectivity index (χ0v) is 14.4. The molecule has 0 saturated carbocycles. The van der Waals surface area contributed by atoms with Crippen molar-refractivity contribution in [3.63, 3.8) is 0 Å². The van der Waals surface area contributed by atoms with Crippen LogP contribution in [0.4, 0.5) is 13.2 Å². The second-order valence-electron chi connectivity index (χ2n) is 6.32. The molecule has 23 heavy (non-hydrogen) atoms. The molecule has 9 heteroatoms. The number of hydrogen-bond donors (Lipinski definition) is 1. The Balaban J connectivity index is 1.75. The number of halogens is 4. The van der Waals surface area contributed by atoms with E-state index in [-0.39, 0.29) is 16.2 Å². The van der Waals surface area contributed by atoms with Crippen LogP contribution in [0.15, 0.2) is 4.47 Å². The van der Waals surface area contributed by atoms with E-state index in [1.54, 1.807) is 0 Å². The number of piperidine rings is 1. The minimum atomic E-state index is -4.56. The van der Waals surface area contributed by atoms with Crippen molar-refractivity contribution in [2.75, 3.05) is 7.05 Å². The Kier molecular flexibility index (Phi) is 4.20. The number of amides is 1. The maximum atomic E-state index is 13.0. The van der Waals surface area contributed by atoms with Gasteiger partial charge in [-0.15, -0.1) is 0 Å². The van der Waals surface area contributed by atoms with Crippen LogP contribution < -0.4 is 5.32 Å². The smallest absolute Gasteiger partial charge is 0.348 e. The van der Waals surface area contributed by atoms with Gasteiger partial charge in [-0.1, -0.05) is 0 Å². The Morgan fingerprint density at radius 3 is 2.30 bits per heavy atom. The standard InChI is InChI=1S/C14H18BrF3N4O/c1-21-8-3-4-9(21)6-7(5-8)19-13(23)11-10(15)12(14(16,17)18)22(2)20-11/h7-9H,3-6H2,1-2H3,(H,19,23). The quantitative estimate of drug-likeness (QED) is 0.838. The van der Waals surface area contributed by atoms with Crippen molar-refractivity contribution in [1.82, 2.24) is 20.0 Å². The number of nitrogens with one attached hydrogen (secondary N) is 1. The lowest BCUT2D eigenvalue weighted by molar-refractivity contribution is -0.144. The zero-order valence-electron chi connectivity index (χ0n) is 12.8. The fourth-order valence-electron chi connectivity index (χ4n) is 3.73. The molecule has 128 valence electrons. The molecule has 1 amide bonds. The molecule has 1 aromatic rings. The van der Waals surface area contributed by atoms with Crippen molar-refractivity contribution in [1.29, 1.82) is 0 Å². The number of carbonyl (C=O) groups is 1. The molecule has 2 atom stereocenters. The summed E-state index contributed by atoms with van der Waals surface area (Å²) >= 11 is 2.88. The number of aryl methyl sites for hydroxylation is 1. The van der Waals surface area contributed by atoms with E-state index in [9.17, 15) is 18.0 Å². The highest BCUT2D eigenvalue weighted by molar-refractivity contribution is 9.10. The van der Waals surface area contributed by atoms with E-state index in [4.69, 9.17) is 0 Å². The fourth-order valence-corrected chi connectivity index (χ4v) is 4.47. The summed E-state index contributed by atoms with van der Waals surface area (Å²) < 4.78 is 39.3. The summed E-state index contributed by atoms with van der Waals surface area (Å²) in [7, 11) is 3.27. The summed E-state index contributed by atoms with van der Waals surface area (Å²) in [5.41, 5.74) is -1.17. The lowest BCUT2D eigenvalue weighted by Gasteiger charge is -2.36. The molecule has 1 N–H and O–H groups in total. The van der Waals surface area contributed by atoms with E-state index in [0.29, 0.717) is 16.8 Å². The van der Waals surface area contributed by atoms with Crippen molar-refractivity contribution in [2.24, 2.45) is 7.05 Å². The van der Waals surface area contributed by atoms with Crippen LogP contribution >= 0.6 is 15.9 Å². The first-order chi connectivity index (χ1) is 10.7. The van der Waals surface area contributed by atoms with Crippen LogP contribution in [0.3, 0.4) is 0 Å². The van der Waals surface area contributed by atoms with Crippen molar-refractivity contribution in [2.45, 2.75) is 50.0 Å². The van der Waals surface area contributed by atoms with Gasteiger partial charge in [0.2, 0.25) is 0 Å². The third kappa shape index (κ3) is 3.00. The van der Waals surface area contributed by atoms with Gasteiger partial charge in [0.1, 0.15) is 0 Å². The number of fused-ring (bicyclic) bond motifs is 2. The van der Waals surface area contributed by atoms with Crippen molar-refractivity contribution in [3.05, 3.63) is 15.9 Å². The SMILES string of the molecule is CN1C2CCC1CC(NC(=O)c1nn(C)c(C(F)(F)F)c1Br)C2. The number of aromatic nitrogens is 2. The summed E-state index contributed by atoms with van der Waals surface area (Å²) in [6, 6.07) is 0.869. The number of hydrogen-bond acceptors (Lipinski definition) is 3. The van der Waals surface area contributed by atoms with Gasteiger partial charge >= 0.3 is 6.18 Å². The second kappa shape index (κ2) is 5.77. The monoisotopic (exact) mass is 394 g/mol. The Morgan fingerprint density at radius 1 is 1.26 bits per heavy atom. The highest BCUT2D eigenvalue weighted by Crippen LogP contribution is 2.37. The van der Waals surface area contributed by atoms with Gasteiger partial charge in [0, 0.05) is 25.2 Å². The van der Waals surface area contributed by atoms with E-state index in [1.165, 1.54) is 7.05 Å². The first kappa shape index (κ1) is 16.8. The minimum absolute atomic E-state index is 0.0144. The number of nitrogens with zero attached hydrogens (tertiary/aromatic N) is 3. The van der Waals surface area contributed by atoms with Gasteiger partial charge in [-0.3, -0.25) is 9.48 Å². The van der Waals surface area contributed by atoms with Crippen LogP contribution in [0.25, 0.3) is 0 Å². The van der Waals surface area contributed by atoms with Crippen LogP contribution in [-0.2, 0) is 13.2 Å². The highest BCUT2D eigenvalue weighted by Gasteiger charge is 2.41. The molecule has 2 bridgehead atoms. The normalized spacial score (nSPS) is 28.2. The third-order valence-corrected chi connectivity index (χ3v) is 5.66. The molecular formula is C14H18BrF3N4O. The first-order valence-corrected chi connectivity index (χ1v) is 8.30. The molecule has 3 rings (SSSR count). The van der Waals surface area contributed by atoms with Crippen LogP contribution in [0.2, 0.25) is 0 Å². The second-order valence-corrected chi connectivity index (χ2v) is 7.12. The molecule has 0 radical (unpaired) electrons. The first-order valence-electron chi connectivity index (χ1n) is 7.51. The highest BCUT2D eigenvalue weighted by atomic mass is 79.9. The van der Waals surface area contributed by atoms with Crippen LogP contribution in [-0.4, -0.2) is 45.8 Å². The zero-order chi connectivity index (χ0) is 16.9. The van der Waals surface area contributed by atoms with Gasteiger partial charge in [-0.05, 0) is 48.7 Å². The Morgan fingerprint density at radius 2 is 1.83 bits per heavy atom. The number of carbonyl (C=O) groups excluding carboxylic acids is 1. The average molecular weight is 395 g/mol. The third-order valence-electron chi connectivity index (χ3n) is 4.91. The molecule has 5 nitrogen and oxygen atoms in total. The predicted octanol–water partition coefficient (Wildman–Crippen LogP) is 2.56. The van der Waals surface area contributed by atoms with Crippen LogP contribution in [0.5, 0.6) is 0 Å². The summed E-state index contributed by atoms with van der Waals surface area (Å²) in [6.07, 6.45) is -0.686. The molecule has 0 aromatic carbocycles. The predicted molar refractivity (Wildman–Crippen MR) is 81.0 cm³/mol. The summed E-state index contributed by atoms with van der Waals surface area (Å²) in [5, 5.41) is 6.59. The van der Waals surface area contributed by atoms with Crippen LogP contribution in [0, 0.1) is 0 Å². The summed E-state index contributed by atoms with van der Waals surface area (Å²) in [4.78, 5) is 14.7. The van der Waals surface area contributed by atoms with E-state index in [2.05, 4.69) is 38.3 Å². The fraction of sp³-hybridized carbons (Fsp3) is 0.714. The summed E-state index contributed by atoms with van der Waals surface area (Å²) in [6.45, 7) is 0. The van der Waals surface area contributed by atoms with Gasteiger partial charge in [-0.2, -0.15) is 18.3 Å². The molecule has 2 saturated heterocycles. The van der Waals surface area contributed by atoms with E-state index < -0.39 is 17.8 Å². The topological polar surface area (TPSA) is 50.2 Å². The van der Waals surface area contributed by atoms with E-state index in [1.807, 2.05) is 0 Å².